The monoisotopic (exact) mass is 601 g/mol. The second-order valence-corrected chi connectivity index (χ2v) is 11.6. The number of primary amides is 1. The summed E-state index contributed by atoms with van der Waals surface area (Å²) in [6.45, 7) is -0.541. The fourth-order valence-corrected chi connectivity index (χ4v) is 5.09. The number of nitrogens with zero attached hydrogens (tertiary/aromatic N) is 2. The Morgan fingerprint density at radius 2 is 1.70 bits per heavy atom. The highest BCUT2D eigenvalue weighted by Crippen LogP contribution is 2.28. The minimum Gasteiger partial charge on any atom is -0.368 e. The number of aliphatic imine (C=N–C) groups is 1. The number of nitrogens with one attached hydrogen (secondary N) is 2. The predicted octanol–water partition coefficient (Wildman–Crippen LogP) is 2.27. The first kappa shape index (κ1) is 29.2. The zero-order valence-electron chi connectivity index (χ0n) is 21.2. The number of fused-ring (bicyclic) bond motifs is 1. The quantitative estimate of drug-likeness (QED) is 0.343. The number of carbonyl (C=O) groups excluding carboxylic acids is 3. The highest BCUT2D eigenvalue weighted by molar-refractivity contribution is 7.88. The van der Waals surface area contributed by atoms with Gasteiger partial charge in [-0.15, -0.1) is 0 Å². The van der Waals surface area contributed by atoms with Crippen LogP contribution in [-0.2, 0) is 30.8 Å². The van der Waals surface area contributed by atoms with Crippen LogP contribution in [0, 0.1) is 0 Å². The highest BCUT2D eigenvalue weighted by atomic mass is 35.5. The van der Waals surface area contributed by atoms with Crippen LogP contribution in [0.2, 0.25) is 10.0 Å². The zero-order valence-corrected chi connectivity index (χ0v) is 23.5. The van der Waals surface area contributed by atoms with Gasteiger partial charge in [0.25, 0.3) is 5.91 Å². The van der Waals surface area contributed by atoms with Crippen molar-refractivity contribution in [1.82, 2.24) is 10.0 Å². The van der Waals surface area contributed by atoms with Crippen molar-refractivity contribution < 1.29 is 22.8 Å². The molecule has 3 aromatic rings. The largest absolute Gasteiger partial charge is 0.368 e. The molecule has 0 aliphatic carbocycles. The van der Waals surface area contributed by atoms with E-state index in [-0.39, 0.29) is 11.4 Å². The Kier molecular flexibility index (Phi) is 8.89. The van der Waals surface area contributed by atoms with E-state index < -0.39 is 46.5 Å². The van der Waals surface area contributed by atoms with Crippen LogP contribution in [0.3, 0.4) is 0 Å². The van der Waals surface area contributed by atoms with Crippen LogP contribution in [0.25, 0.3) is 0 Å². The summed E-state index contributed by atoms with van der Waals surface area (Å²) in [5.41, 5.74) is 8.01. The van der Waals surface area contributed by atoms with E-state index in [9.17, 15) is 22.8 Å². The minimum absolute atomic E-state index is 0.0298. The van der Waals surface area contributed by atoms with E-state index in [1.54, 1.807) is 66.7 Å². The van der Waals surface area contributed by atoms with Gasteiger partial charge in [0, 0.05) is 17.5 Å². The van der Waals surface area contributed by atoms with E-state index in [0.29, 0.717) is 33.1 Å². The van der Waals surface area contributed by atoms with Gasteiger partial charge in [-0.05, 0) is 23.8 Å². The van der Waals surface area contributed by atoms with Gasteiger partial charge in [-0.25, -0.2) is 8.42 Å². The number of sulfonamides is 1. The van der Waals surface area contributed by atoms with Crippen molar-refractivity contribution in [2.45, 2.75) is 18.6 Å². The molecule has 0 saturated heterocycles. The molecule has 3 aromatic carbocycles. The van der Waals surface area contributed by atoms with E-state index in [2.05, 4.69) is 15.0 Å². The van der Waals surface area contributed by atoms with Gasteiger partial charge in [0.15, 0.2) is 6.17 Å². The van der Waals surface area contributed by atoms with Crippen LogP contribution >= 0.6 is 23.2 Å². The first-order valence-electron chi connectivity index (χ1n) is 12.0. The molecule has 1 heterocycles. The lowest BCUT2D eigenvalue weighted by molar-refractivity contribution is -0.127. The number of hydrogen-bond donors (Lipinski definition) is 3. The van der Waals surface area contributed by atoms with Crippen molar-refractivity contribution in [2.75, 3.05) is 17.7 Å². The highest BCUT2D eigenvalue weighted by Gasteiger charge is 2.35. The van der Waals surface area contributed by atoms with Gasteiger partial charge in [0.2, 0.25) is 21.8 Å². The number of anilines is 1. The smallest absolute Gasteiger partial charge is 0.268 e. The summed E-state index contributed by atoms with van der Waals surface area (Å²) >= 11 is 12.0. The summed E-state index contributed by atoms with van der Waals surface area (Å²) < 4.78 is 26.5. The molecule has 40 heavy (non-hydrogen) atoms. The van der Waals surface area contributed by atoms with Crippen LogP contribution in [-0.4, -0.2) is 56.9 Å². The van der Waals surface area contributed by atoms with E-state index in [0.717, 1.165) is 11.2 Å². The molecule has 0 spiro atoms. The normalized spacial score (nSPS) is 16.0. The Morgan fingerprint density at radius 3 is 2.35 bits per heavy atom. The van der Waals surface area contributed by atoms with Gasteiger partial charge in [0.05, 0.1) is 27.7 Å². The Balaban J connectivity index is 1.67. The molecule has 13 heteroatoms. The SMILES string of the molecule is CS(=O)(=O)NC1N=C(c2ccccc2)c2ccccc2N(CC(=O)N[C@@H](Cc2ccc(Cl)c(Cl)c2)C(N)=O)C1=O. The molecule has 4 rings (SSSR count). The molecule has 3 amide bonds. The second-order valence-electron chi connectivity index (χ2n) is 9.05. The molecule has 10 nitrogen and oxygen atoms in total. The molecule has 0 bridgehead atoms. The van der Waals surface area contributed by atoms with Gasteiger partial charge >= 0.3 is 0 Å². The molecular weight excluding hydrogens is 577 g/mol. The zero-order chi connectivity index (χ0) is 29.0. The van der Waals surface area contributed by atoms with Gasteiger partial charge in [-0.2, -0.15) is 4.72 Å². The Bertz CT molecular complexity index is 1600. The van der Waals surface area contributed by atoms with Gasteiger partial charge in [0.1, 0.15) is 12.6 Å². The van der Waals surface area contributed by atoms with E-state index in [1.807, 2.05) is 6.07 Å². The summed E-state index contributed by atoms with van der Waals surface area (Å²) in [6.07, 6.45) is -0.608. The number of hydrogen-bond acceptors (Lipinski definition) is 6. The fourth-order valence-electron chi connectivity index (χ4n) is 4.21. The first-order valence-corrected chi connectivity index (χ1v) is 14.6. The van der Waals surface area contributed by atoms with Gasteiger partial charge in [-0.1, -0.05) is 77.8 Å². The van der Waals surface area contributed by atoms with Crippen LogP contribution in [0.4, 0.5) is 5.69 Å². The number of rotatable bonds is 9. The average Bonchev–Trinajstić information content (AvgIpc) is 3.00. The molecule has 1 aliphatic heterocycles. The summed E-state index contributed by atoms with van der Waals surface area (Å²) in [7, 11) is -3.88. The lowest BCUT2D eigenvalue weighted by Crippen LogP contribution is -2.53. The molecule has 1 unspecified atom stereocenters. The lowest BCUT2D eigenvalue weighted by Gasteiger charge is -2.25. The molecule has 0 fully saturated rings. The number of halogens is 2. The van der Waals surface area contributed by atoms with E-state index in [1.165, 1.54) is 0 Å². The standard InChI is InChI=1S/C27H25Cl2N5O5S/c1-40(38,39)33-26-27(37)34(22-10-6-5-9-18(22)24(32-26)17-7-3-2-4-8-17)15-23(35)31-21(25(30)36)14-16-11-12-19(28)20(29)13-16/h2-13,21,26,33H,14-15H2,1H3,(H2,30,36)(H,31,35)/t21-,26?/m0/s1. The third-order valence-electron chi connectivity index (χ3n) is 5.99. The number of nitrogens with two attached hydrogens (primary N) is 1. The molecule has 4 N–H and O–H groups in total. The van der Waals surface area contributed by atoms with Crippen LogP contribution in [0.1, 0.15) is 16.7 Å². The third kappa shape index (κ3) is 7.05. The van der Waals surface area contributed by atoms with Crippen LogP contribution in [0.5, 0.6) is 0 Å². The Hall–Kier alpha value is -3.77. The number of amides is 3. The summed E-state index contributed by atoms with van der Waals surface area (Å²) in [5.74, 6) is -2.28. The van der Waals surface area contributed by atoms with E-state index in [4.69, 9.17) is 28.9 Å². The van der Waals surface area contributed by atoms with Crippen molar-refractivity contribution >= 4 is 62.3 Å². The van der Waals surface area contributed by atoms with Crippen molar-refractivity contribution in [1.29, 1.82) is 0 Å². The van der Waals surface area contributed by atoms with E-state index >= 15 is 0 Å². The van der Waals surface area contributed by atoms with Crippen LogP contribution in [0.15, 0.2) is 77.8 Å². The van der Waals surface area contributed by atoms with Crippen molar-refractivity contribution in [2.24, 2.45) is 10.7 Å². The maximum absolute atomic E-state index is 13.7. The van der Waals surface area contributed by atoms with Crippen molar-refractivity contribution in [3.05, 3.63) is 99.5 Å². The molecule has 1 aliphatic rings. The van der Waals surface area contributed by atoms with Crippen molar-refractivity contribution in [3.8, 4) is 0 Å². The maximum atomic E-state index is 13.7. The number of benzodiazepines with no additional fused rings is 1. The van der Waals surface area contributed by atoms with Gasteiger partial charge in [-0.3, -0.25) is 24.3 Å². The second kappa shape index (κ2) is 12.2. The number of carbonyl (C=O) groups is 3. The minimum atomic E-state index is -3.88. The summed E-state index contributed by atoms with van der Waals surface area (Å²) in [6, 6.07) is 19.4. The average molecular weight is 603 g/mol. The molecule has 0 saturated carbocycles. The van der Waals surface area contributed by atoms with Gasteiger partial charge < -0.3 is 11.1 Å². The number of benzene rings is 3. The lowest BCUT2D eigenvalue weighted by atomic mass is 10.0. The Morgan fingerprint density at radius 1 is 1.02 bits per heavy atom. The summed E-state index contributed by atoms with van der Waals surface area (Å²) in [5, 5.41) is 3.17. The maximum Gasteiger partial charge on any atom is 0.268 e. The molecule has 0 aromatic heterocycles. The molecule has 2 atom stereocenters. The van der Waals surface area contributed by atoms with Crippen LogP contribution < -0.4 is 20.7 Å². The molecular formula is C27H25Cl2N5O5S. The fraction of sp³-hybridized carbons (Fsp3) is 0.185. The number of para-hydroxylation sites is 1. The van der Waals surface area contributed by atoms with Crippen molar-refractivity contribution in [3.63, 3.8) is 0 Å². The predicted molar refractivity (Wildman–Crippen MR) is 154 cm³/mol. The summed E-state index contributed by atoms with van der Waals surface area (Å²) in [4.78, 5) is 44.7. The Labute approximate surface area is 241 Å². The topological polar surface area (TPSA) is 151 Å². The third-order valence-corrected chi connectivity index (χ3v) is 7.38. The molecule has 208 valence electrons. The molecule has 0 radical (unpaired) electrons. The first-order chi connectivity index (χ1) is 18.9.